The maximum absolute atomic E-state index is 11.1. The molecule has 0 aliphatic carbocycles. The minimum atomic E-state index is -1.18. The van der Waals surface area contributed by atoms with Gasteiger partial charge < -0.3 is 10.2 Å². The number of hydrogen-bond acceptors (Lipinski definition) is 3. The summed E-state index contributed by atoms with van der Waals surface area (Å²) in [4.78, 5) is 21.7. The molecule has 1 unspecified atom stereocenters. The third-order valence-electron chi connectivity index (χ3n) is 2.52. The molecule has 0 fully saturated rings. The Labute approximate surface area is 95.9 Å². The summed E-state index contributed by atoms with van der Waals surface area (Å²) in [6.45, 7) is 0. The van der Waals surface area contributed by atoms with Crippen LogP contribution in [-0.2, 0) is 9.59 Å². The fourth-order valence-electron chi connectivity index (χ4n) is 1.73. The molecule has 0 saturated heterocycles. The first-order valence-corrected chi connectivity index (χ1v) is 4.97. The largest absolute Gasteiger partial charge is 0.481 e. The molecule has 1 aromatic carbocycles. The van der Waals surface area contributed by atoms with Gasteiger partial charge in [-0.15, -0.1) is 0 Å². The predicted molar refractivity (Wildman–Crippen MR) is 58.7 cm³/mol. The summed E-state index contributed by atoms with van der Waals surface area (Å²) >= 11 is 0. The highest BCUT2D eigenvalue weighted by Crippen LogP contribution is 2.25. The van der Waals surface area contributed by atoms with Crippen molar-refractivity contribution >= 4 is 22.8 Å². The molecule has 1 atom stereocenters. The minimum Gasteiger partial charge on any atom is -0.481 e. The van der Waals surface area contributed by atoms with Crippen molar-refractivity contribution in [1.29, 1.82) is 0 Å². The number of H-pyrrole nitrogens is 1. The number of fused-ring (bicyclic) bond motifs is 1. The number of para-hydroxylation sites is 1. The lowest BCUT2D eigenvalue weighted by molar-refractivity contribution is -0.145. The first-order valence-electron chi connectivity index (χ1n) is 4.97. The van der Waals surface area contributed by atoms with Gasteiger partial charge in [0.05, 0.1) is 17.6 Å². The number of nitrogens with one attached hydrogen (secondary N) is 1. The van der Waals surface area contributed by atoms with E-state index in [0.29, 0.717) is 16.6 Å². The summed E-state index contributed by atoms with van der Waals surface area (Å²) in [7, 11) is 0. The SMILES string of the molecule is O=C(O)CC(C(=O)O)c1[nH]nc2ccccc12. The second kappa shape index (κ2) is 4.25. The highest BCUT2D eigenvalue weighted by atomic mass is 16.4. The molecular weight excluding hydrogens is 224 g/mol. The highest BCUT2D eigenvalue weighted by Gasteiger charge is 2.26. The van der Waals surface area contributed by atoms with E-state index in [-0.39, 0.29) is 0 Å². The Morgan fingerprint density at radius 2 is 2.00 bits per heavy atom. The number of hydrogen-bond donors (Lipinski definition) is 3. The smallest absolute Gasteiger partial charge is 0.313 e. The number of carbonyl (C=O) groups is 2. The zero-order valence-corrected chi connectivity index (χ0v) is 8.75. The first kappa shape index (κ1) is 11.1. The van der Waals surface area contributed by atoms with Crippen LogP contribution in [0.4, 0.5) is 0 Å². The number of carboxylic acid groups (broad SMARTS) is 2. The van der Waals surface area contributed by atoms with Gasteiger partial charge in [0.25, 0.3) is 0 Å². The van der Waals surface area contributed by atoms with Gasteiger partial charge in [-0.1, -0.05) is 18.2 Å². The molecule has 0 aliphatic rings. The molecule has 17 heavy (non-hydrogen) atoms. The standard InChI is InChI=1S/C11H10N2O4/c14-9(15)5-7(11(16)17)10-6-3-1-2-4-8(6)12-13-10/h1-4,7H,5H2,(H,12,13)(H,14,15)(H,16,17). The van der Waals surface area contributed by atoms with Crippen LogP contribution in [0.3, 0.4) is 0 Å². The lowest BCUT2D eigenvalue weighted by Gasteiger charge is -2.07. The molecule has 6 heteroatoms. The van der Waals surface area contributed by atoms with Crippen LogP contribution in [0.15, 0.2) is 24.3 Å². The fraction of sp³-hybridized carbons (Fsp3) is 0.182. The number of rotatable bonds is 4. The lowest BCUT2D eigenvalue weighted by Crippen LogP contribution is -2.16. The maximum Gasteiger partial charge on any atom is 0.313 e. The average molecular weight is 234 g/mol. The zero-order chi connectivity index (χ0) is 12.4. The number of aromatic nitrogens is 2. The molecule has 0 radical (unpaired) electrons. The summed E-state index contributed by atoms with van der Waals surface area (Å²) in [6, 6.07) is 6.97. The number of benzene rings is 1. The van der Waals surface area contributed by atoms with Crippen LogP contribution in [0, 0.1) is 0 Å². The van der Waals surface area contributed by atoms with Gasteiger partial charge in [-0.2, -0.15) is 5.10 Å². The van der Waals surface area contributed by atoms with Crippen LogP contribution in [0.1, 0.15) is 18.0 Å². The summed E-state index contributed by atoms with van der Waals surface area (Å²) in [5, 5.41) is 24.9. The van der Waals surface area contributed by atoms with Gasteiger partial charge >= 0.3 is 11.9 Å². The fourth-order valence-corrected chi connectivity index (χ4v) is 1.73. The molecule has 1 aromatic heterocycles. The second-order valence-electron chi connectivity index (χ2n) is 3.64. The molecule has 2 rings (SSSR count). The monoisotopic (exact) mass is 234 g/mol. The topological polar surface area (TPSA) is 103 Å². The van der Waals surface area contributed by atoms with E-state index in [1.807, 2.05) is 0 Å². The molecule has 3 N–H and O–H groups in total. The van der Waals surface area contributed by atoms with Gasteiger partial charge in [-0.05, 0) is 6.07 Å². The Morgan fingerprint density at radius 3 is 2.65 bits per heavy atom. The summed E-state index contributed by atoms with van der Waals surface area (Å²) < 4.78 is 0. The third kappa shape index (κ3) is 2.10. The Balaban J connectivity index is 2.48. The minimum absolute atomic E-state index is 0.329. The van der Waals surface area contributed by atoms with Crippen molar-refractivity contribution in [3.05, 3.63) is 30.0 Å². The van der Waals surface area contributed by atoms with Crippen molar-refractivity contribution in [2.75, 3.05) is 0 Å². The van der Waals surface area contributed by atoms with Crippen LogP contribution < -0.4 is 0 Å². The van der Waals surface area contributed by atoms with Crippen molar-refractivity contribution in [1.82, 2.24) is 10.2 Å². The van der Waals surface area contributed by atoms with E-state index in [1.165, 1.54) is 0 Å². The van der Waals surface area contributed by atoms with E-state index < -0.39 is 24.3 Å². The number of aliphatic carboxylic acids is 2. The summed E-state index contributed by atoms with van der Waals surface area (Å²) in [6.07, 6.45) is -0.471. The molecule has 0 amide bonds. The van der Waals surface area contributed by atoms with Crippen LogP contribution in [-0.4, -0.2) is 32.3 Å². The molecule has 88 valence electrons. The Kier molecular flexibility index (Phi) is 2.78. The van der Waals surface area contributed by atoms with Crippen LogP contribution in [0.25, 0.3) is 10.9 Å². The van der Waals surface area contributed by atoms with E-state index in [0.717, 1.165) is 0 Å². The second-order valence-corrected chi connectivity index (χ2v) is 3.64. The Bertz CT molecular complexity index is 576. The molecule has 2 aromatic rings. The quantitative estimate of drug-likeness (QED) is 0.737. The third-order valence-corrected chi connectivity index (χ3v) is 2.52. The number of aromatic amines is 1. The van der Waals surface area contributed by atoms with Crippen molar-refractivity contribution in [2.45, 2.75) is 12.3 Å². The predicted octanol–water partition coefficient (Wildman–Crippen LogP) is 1.21. The number of carboxylic acids is 2. The van der Waals surface area contributed by atoms with E-state index in [2.05, 4.69) is 10.2 Å². The number of nitrogens with zero attached hydrogens (tertiary/aromatic N) is 1. The van der Waals surface area contributed by atoms with Gasteiger partial charge in [0.2, 0.25) is 0 Å². The van der Waals surface area contributed by atoms with Gasteiger partial charge in [-0.3, -0.25) is 14.7 Å². The lowest BCUT2D eigenvalue weighted by atomic mass is 9.99. The zero-order valence-electron chi connectivity index (χ0n) is 8.75. The Morgan fingerprint density at radius 1 is 1.29 bits per heavy atom. The van der Waals surface area contributed by atoms with Crippen LogP contribution in [0.5, 0.6) is 0 Å². The molecule has 0 saturated carbocycles. The van der Waals surface area contributed by atoms with Crippen molar-refractivity contribution in [3.8, 4) is 0 Å². The normalized spacial score (nSPS) is 12.5. The van der Waals surface area contributed by atoms with Crippen molar-refractivity contribution < 1.29 is 19.8 Å². The molecule has 1 heterocycles. The summed E-state index contributed by atoms with van der Waals surface area (Å²) in [5.41, 5.74) is 0.953. The molecule has 0 spiro atoms. The highest BCUT2D eigenvalue weighted by molar-refractivity contribution is 5.89. The maximum atomic E-state index is 11.1. The van der Waals surface area contributed by atoms with Crippen LogP contribution in [0.2, 0.25) is 0 Å². The van der Waals surface area contributed by atoms with Gasteiger partial charge in [0, 0.05) is 5.39 Å². The van der Waals surface area contributed by atoms with E-state index in [1.54, 1.807) is 24.3 Å². The molecular formula is C11H10N2O4. The average Bonchev–Trinajstić information content (AvgIpc) is 2.69. The van der Waals surface area contributed by atoms with E-state index >= 15 is 0 Å². The molecule has 0 bridgehead atoms. The molecule has 0 aliphatic heterocycles. The van der Waals surface area contributed by atoms with Crippen molar-refractivity contribution in [2.24, 2.45) is 0 Å². The van der Waals surface area contributed by atoms with E-state index in [9.17, 15) is 9.59 Å². The molecule has 6 nitrogen and oxygen atoms in total. The van der Waals surface area contributed by atoms with Crippen LogP contribution >= 0.6 is 0 Å². The Hall–Kier alpha value is -2.37. The van der Waals surface area contributed by atoms with Gasteiger partial charge in [0.15, 0.2) is 0 Å². The van der Waals surface area contributed by atoms with Gasteiger partial charge in [-0.25, -0.2) is 0 Å². The summed E-state index contributed by atoms with van der Waals surface area (Å²) in [5.74, 6) is -3.45. The van der Waals surface area contributed by atoms with Crippen molar-refractivity contribution in [3.63, 3.8) is 0 Å². The first-order chi connectivity index (χ1) is 8.09. The van der Waals surface area contributed by atoms with Gasteiger partial charge in [0.1, 0.15) is 5.92 Å². The van der Waals surface area contributed by atoms with E-state index in [4.69, 9.17) is 10.2 Å².